The zero-order valence-electron chi connectivity index (χ0n) is 13.1. The Morgan fingerprint density at radius 3 is 2.61 bits per heavy atom. The van der Waals surface area contributed by atoms with E-state index in [1.165, 1.54) is 0 Å². The van der Waals surface area contributed by atoms with Gasteiger partial charge in [-0.15, -0.1) is 10.2 Å². The van der Waals surface area contributed by atoms with Crippen LogP contribution in [0.5, 0.6) is 0 Å². The zero-order chi connectivity index (χ0) is 16.8. The Hall–Kier alpha value is -2.35. The molecule has 2 N–H and O–H groups in total. The van der Waals surface area contributed by atoms with E-state index < -0.39 is 17.2 Å². The van der Waals surface area contributed by atoms with E-state index in [1.807, 2.05) is 31.2 Å². The van der Waals surface area contributed by atoms with Crippen LogP contribution in [0, 0.1) is 6.92 Å². The summed E-state index contributed by atoms with van der Waals surface area (Å²) in [4.78, 5) is 23.2. The number of rotatable bonds is 5. The van der Waals surface area contributed by atoms with Crippen molar-refractivity contribution in [2.24, 2.45) is 0 Å². The molecule has 1 heterocycles. The van der Waals surface area contributed by atoms with Crippen molar-refractivity contribution < 1.29 is 14.0 Å². The second-order valence-corrected chi connectivity index (χ2v) is 6.14. The Morgan fingerprint density at radius 2 is 1.96 bits per heavy atom. The third-order valence-electron chi connectivity index (χ3n) is 2.93. The van der Waals surface area contributed by atoms with Crippen LogP contribution in [0.15, 0.2) is 33.9 Å². The van der Waals surface area contributed by atoms with E-state index in [1.54, 1.807) is 13.8 Å². The van der Waals surface area contributed by atoms with Crippen LogP contribution in [0.3, 0.4) is 0 Å². The van der Waals surface area contributed by atoms with Crippen molar-refractivity contribution >= 4 is 23.7 Å². The Balaban J connectivity index is 1.97. The van der Waals surface area contributed by atoms with Gasteiger partial charge in [0.15, 0.2) is 0 Å². The molecule has 0 aliphatic carbocycles. The molecule has 1 unspecified atom stereocenters. The molecular formula is C15H18N4O3S. The number of nitrogens with one attached hydrogen (secondary N) is 2. The summed E-state index contributed by atoms with van der Waals surface area (Å²) in [6.07, 6.45) is 0. The zero-order valence-corrected chi connectivity index (χ0v) is 13.9. The van der Waals surface area contributed by atoms with Crippen molar-refractivity contribution in [3.05, 3.63) is 29.8 Å². The van der Waals surface area contributed by atoms with Gasteiger partial charge in [0.1, 0.15) is 0 Å². The first-order chi connectivity index (χ1) is 11.0. The highest BCUT2D eigenvalue weighted by molar-refractivity contribution is 8.00. The lowest BCUT2D eigenvalue weighted by Gasteiger charge is -2.08. The molecule has 0 aliphatic heterocycles. The van der Waals surface area contributed by atoms with Crippen molar-refractivity contribution in [2.75, 3.05) is 6.54 Å². The Bertz CT molecular complexity index is 684. The molecule has 0 bridgehead atoms. The van der Waals surface area contributed by atoms with Gasteiger partial charge >= 0.3 is 6.03 Å². The summed E-state index contributed by atoms with van der Waals surface area (Å²) in [6, 6.07) is 7.17. The standard InChI is InChI=1S/C15H18N4O3S/c1-4-16-14(21)17-12(20)10(3)23-15-19-18-13(22-15)11-7-5-9(2)6-8-11/h5-8,10H,4H2,1-3H3,(H2,16,17,20,21). The fraction of sp³-hybridized carbons (Fsp3) is 0.333. The Labute approximate surface area is 138 Å². The van der Waals surface area contributed by atoms with E-state index in [4.69, 9.17) is 4.42 Å². The average Bonchev–Trinajstić information content (AvgIpc) is 2.96. The number of nitrogens with zero attached hydrogens (tertiary/aromatic N) is 2. The molecule has 1 aromatic carbocycles. The molecule has 0 radical (unpaired) electrons. The third-order valence-corrected chi connectivity index (χ3v) is 3.86. The number of benzene rings is 1. The maximum atomic E-state index is 11.9. The number of aryl methyl sites for hydroxylation is 1. The van der Waals surface area contributed by atoms with Crippen molar-refractivity contribution in [1.82, 2.24) is 20.8 Å². The average molecular weight is 334 g/mol. The molecule has 0 aliphatic rings. The van der Waals surface area contributed by atoms with Gasteiger partial charge in [-0.25, -0.2) is 4.79 Å². The summed E-state index contributed by atoms with van der Waals surface area (Å²) in [5.41, 5.74) is 1.95. The number of aromatic nitrogens is 2. The minimum Gasteiger partial charge on any atom is -0.411 e. The van der Waals surface area contributed by atoms with Crippen molar-refractivity contribution in [3.8, 4) is 11.5 Å². The van der Waals surface area contributed by atoms with E-state index >= 15 is 0 Å². The molecule has 1 aromatic heterocycles. The van der Waals surface area contributed by atoms with Crippen molar-refractivity contribution in [3.63, 3.8) is 0 Å². The summed E-state index contributed by atoms with van der Waals surface area (Å²) in [5, 5.41) is 12.4. The normalized spacial score (nSPS) is 11.8. The third kappa shape index (κ3) is 4.82. The molecule has 2 rings (SSSR count). The number of carbonyl (C=O) groups is 2. The highest BCUT2D eigenvalue weighted by atomic mass is 32.2. The number of thioether (sulfide) groups is 1. The van der Waals surface area contributed by atoms with E-state index in [9.17, 15) is 9.59 Å². The number of carbonyl (C=O) groups excluding carboxylic acids is 2. The van der Waals surface area contributed by atoms with E-state index in [2.05, 4.69) is 20.8 Å². The molecule has 8 heteroatoms. The van der Waals surface area contributed by atoms with Gasteiger partial charge in [0, 0.05) is 12.1 Å². The number of hydrogen-bond donors (Lipinski definition) is 2. The van der Waals surface area contributed by atoms with Crippen LogP contribution in [-0.2, 0) is 4.79 Å². The summed E-state index contributed by atoms with van der Waals surface area (Å²) in [7, 11) is 0. The van der Waals surface area contributed by atoms with Gasteiger partial charge in [-0.1, -0.05) is 29.5 Å². The van der Waals surface area contributed by atoms with Gasteiger partial charge in [-0.3, -0.25) is 10.1 Å². The van der Waals surface area contributed by atoms with Crippen LogP contribution in [0.25, 0.3) is 11.5 Å². The SMILES string of the molecule is CCNC(=O)NC(=O)C(C)Sc1nnc(-c2ccc(C)cc2)o1. The second kappa shape index (κ2) is 7.77. The summed E-state index contributed by atoms with van der Waals surface area (Å²) in [6.45, 7) is 5.88. The first kappa shape index (κ1) is 17.0. The number of amides is 3. The Kier molecular flexibility index (Phi) is 5.75. The topological polar surface area (TPSA) is 97.1 Å². The van der Waals surface area contributed by atoms with Crippen LogP contribution in [-0.4, -0.2) is 33.9 Å². The molecule has 0 fully saturated rings. The highest BCUT2D eigenvalue weighted by Crippen LogP contribution is 2.26. The van der Waals surface area contributed by atoms with Crippen LogP contribution in [0.1, 0.15) is 19.4 Å². The smallest absolute Gasteiger partial charge is 0.321 e. The molecule has 23 heavy (non-hydrogen) atoms. The molecule has 1 atom stereocenters. The quantitative estimate of drug-likeness (QED) is 0.815. The first-order valence-corrected chi connectivity index (χ1v) is 8.03. The fourth-order valence-electron chi connectivity index (χ4n) is 1.69. The molecule has 0 saturated heterocycles. The lowest BCUT2D eigenvalue weighted by atomic mass is 10.1. The molecule has 3 amide bonds. The van der Waals surface area contributed by atoms with Gasteiger partial charge in [0.2, 0.25) is 11.8 Å². The maximum absolute atomic E-state index is 11.9. The monoisotopic (exact) mass is 334 g/mol. The van der Waals surface area contributed by atoms with Gasteiger partial charge < -0.3 is 9.73 Å². The predicted octanol–water partition coefficient (Wildman–Crippen LogP) is 2.37. The second-order valence-electron chi connectivity index (χ2n) is 4.85. The van der Waals surface area contributed by atoms with E-state index in [0.717, 1.165) is 22.9 Å². The summed E-state index contributed by atoms with van der Waals surface area (Å²) < 4.78 is 5.54. The minimum atomic E-state index is -0.538. The molecular weight excluding hydrogens is 316 g/mol. The molecule has 2 aromatic rings. The van der Waals surface area contributed by atoms with Gasteiger partial charge in [0.25, 0.3) is 5.22 Å². The number of urea groups is 1. The van der Waals surface area contributed by atoms with Gasteiger partial charge in [-0.2, -0.15) is 0 Å². The van der Waals surface area contributed by atoms with Crippen LogP contribution < -0.4 is 10.6 Å². The van der Waals surface area contributed by atoms with Crippen LogP contribution in [0.4, 0.5) is 4.79 Å². The van der Waals surface area contributed by atoms with Crippen LogP contribution >= 0.6 is 11.8 Å². The van der Waals surface area contributed by atoms with Gasteiger partial charge in [-0.05, 0) is 32.9 Å². The molecule has 0 saturated carbocycles. The molecule has 122 valence electrons. The first-order valence-electron chi connectivity index (χ1n) is 7.15. The molecule has 7 nitrogen and oxygen atoms in total. The Morgan fingerprint density at radius 1 is 1.26 bits per heavy atom. The highest BCUT2D eigenvalue weighted by Gasteiger charge is 2.20. The lowest BCUT2D eigenvalue weighted by Crippen LogP contribution is -2.42. The molecule has 0 spiro atoms. The lowest BCUT2D eigenvalue weighted by molar-refractivity contribution is -0.119. The fourth-order valence-corrected chi connectivity index (χ4v) is 2.38. The van der Waals surface area contributed by atoms with E-state index in [-0.39, 0.29) is 5.22 Å². The van der Waals surface area contributed by atoms with Crippen molar-refractivity contribution in [1.29, 1.82) is 0 Å². The maximum Gasteiger partial charge on any atom is 0.321 e. The van der Waals surface area contributed by atoms with Crippen LogP contribution in [0.2, 0.25) is 0 Å². The number of imide groups is 1. The number of hydrogen-bond acceptors (Lipinski definition) is 6. The van der Waals surface area contributed by atoms with E-state index in [0.29, 0.717) is 12.4 Å². The largest absolute Gasteiger partial charge is 0.411 e. The summed E-state index contributed by atoms with van der Waals surface area (Å²) >= 11 is 1.10. The summed E-state index contributed by atoms with van der Waals surface area (Å²) in [5.74, 6) is -0.0279. The van der Waals surface area contributed by atoms with Crippen molar-refractivity contribution in [2.45, 2.75) is 31.2 Å². The predicted molar refractivity (Wildman–Crippen MR) is 87.0 cm³/mol. The van der Waals surface area contributed by atoms with Gasteiger partial charge in [0.05, 0.1) is 5.25 Å². The minimum absolute atomic E-state index is 0.277.